The Balaban J connectivity index is 2.36. The number of ether oxygens (including phenoxy) is 1. The van der Waals surface area contributed by atoms with Crippen molar-refractivity contribution in [1.29, 1.82) is 0 Å². The minimum atomic E-state index is -0.485. The topological polar surface area (TPSA) is 84.6 Å². The van der Waals surface area contributed by atoms with E-state index in [-0.39, 0.29) is 24.6 Å². The first-order valence-corrected chi connectivity index (χ1v) is 5.68. The molecule has 0 bridgehead atoms. The Hall–Kier alpha value is -0.810. The standard InChI is InChI=1S/C11H22N2O3/c1-11(2,3)16-10(15)13-8-4-7(6-14)9(12)5-8/h7-9,14H,4-6,12H2,1-3H3,(H,13,15)/t7-,8+,9-/m1/s1. The molecule has 0 heterocycles. The minimum Gasteiger partial charge on any atom is -0.444 e. The molecule has 0 aromatic carbocycles. The van der Waals surface area contributed by atoms with Crippen molar-refractivity contribution in [2.24, 2.45) is 11.7 Å². The van der Waals surface area contributed by atoms with Crippen LogP contribution in [0.2, 0.25) is 0 Å². The van der Waals surface area contributed by atoms with Crippen LogP contribution >= 0.6 is 0 Å². The van der Waals surface area contributed by atoms with Crippen molar-refractivity contribution in [2.75, 3.05) is 6.61 Å². The molecule has 16 heavy (non-hydrogen) atoms. The van der Waals surface area contributed by atoms with Gasteiger partial charge in [0.1, 0.15) is 5.60 Å². The lowest BCUT2D eigenvalue weighted by Crippen LogP contribution is -2.38. The zero-order valence-electron chi connectivity index (χ0n) is 10.2. The first-order valence-electron chi connectivity index (χ1n) is 5.68. The smallest absolute Gasteiger partial charge is 0.407 e. The first kappa shape index (κ1) is 13.3. The number of nitrogens with one attached hydrogen (secondary N) is 1. The van der Waals surface area contributed by atoms with Gasteiger partial charge >= 0.3 is 6.09 Å². The van der Waals surface area contributed by atoms with E-state index in [1.54, 1.807) is 0 Å². The number of hydrogen-bond acceptors (Lipinski definition) is 4. The molecule has 0 aliphatic heterocycles. The summed E-state index contributed by atoms with van der Waals surface area (Å²) in [5, 5.41) is 11.8. The molecule has 1 fully saturated rings. The summed E-state index contributed by atoms with van der Waals surface area (Å²) in [5.41, 5.74) is 5.35. The third-order valence-electron chi connectivity index (χ3n) is 2.70. The molecular formula is C11H22N2O3. The molecule has 0 spiro atoms. The number of hydrogen-bond donors (Lipinski definition) is 3. The Labute approximate surface area is 96.3 Å². The summed E-state index contributed by atoms with van der Waals surface area (Å²) in [7, 11) is 0. The third-order valence-corrected chi connectivity index (χ3v) is 2.70. The molecule has 94 valence electrons. The Morgan fingerprint density at radius 1 is 1.50 bits per heavy atom. The second-order valence-electron chi connectivity index (χ2n) is 5.42. The third kappa shape index (κ3) is 3.98. The zero-order valence-corrected chi connectivity index (χ0v) is 10.2. The molecular weight excluding hydrogens is 208 g/mol. The molecule has 1 amide bonds. The summed E-state index contributed by atoms with van der Waals surface area (Å²) in [4.78, 5) is 11.5. The van der Waals surface area contributed by atoms with Gasteiger partial charge in [0.05, 0.1) is 0 Å². The maximum Gasteiger partial charge on any atom is 0.407 e. The van der Waals surface area contributed by atoms with Crippen LogP contribution in [0.1, 0.15) is 33.6 Å². The highest BCUT2D eigenvalue weighted by Gasteiger charge is 2.32. The molecule has 0 aromatic heterocycles. The maximum atomic E-state index is 11.5. The predicted molar refractivity (Wildman–Crippen MR) is 60.9 cm³/mol. The highest BCUT2D eigenvalue weighted by atomic mass is 16.6. The summed E-state index contributed by atoms with van der Waals surface area (Å²) >= 11 is 0. The van der Waals surface area contributed by atoms with Gasteiger partial charge < -0.3 is 20.9 Å². The van der Waals surface area contributed by atoms with Gasteiger partial charge in [0, 0.05) is 18.7 Å². The molecule has 0 saturated heterocycles. The molecule has 1 saturated carbocycles. The predicted octanol–water partition coefficient (Wildman–Crippen LogP) is 0.609. The van der Waals surface area contributed by atoms with Gasteiger partial charge in [-0.05, 0) is 39.5 Å². The molecule has 0 unspecified atom stereocenters. The Morgan fingerprint density at radius 3 is 2.56 bits per heavy atom. The van der Waals surface area contributed by atoms with Crippen LogP contribution in [0.4, 0.5) is 4.79 Å². The number of rotatable bonds is 2. The Bertz CT molecular complexity index is 250. The van der Waals surface area contributed by atoms with Crippen molar-refractivity contribution in [3.05, 3.63) is 0 Å². The zero-order chi connectivity index (χ0) is 12.3. The van der Waals surface area contributed by atoms with Gasteiger partial charge in [0.25, 0.3) is 0 Å². The average molecular weight is 230 g/mol. The van der Waals surface area contributed by atoms with Crippen LogP contribution in [0.15, 0.2) is 0 Å². The van der Waals surface area contributed by atoms with Gasteiger partial charge in [0.2, 0.25) is 0 Å². The fourth-order valence-electron chi connectivity index (χ4n) is 1.96. The number of amides is 1. The van der Waals surface area contributed by atoms with Crippen molar-refractivity contribution >= 4 is 6.09 Å². The van der Waals surface area contributed by atoms with E-state index in [1.165, 1.54) is 0 Å². The quantitative estimate of drug-likeness (QED) is 0.649. The van der Waals surface area contributed by atoms with Gasteiger partial charge in [-0.15, -0.1) is 0 Å². The lowest BCUT2D eigenvalue weighted by atomic mass is 10.1. The second-order valence-corrected chi connectivity index (χ2v) is 5.42. The molecule has 5 nitrogen and oxygen atoms in total. The van der Waals surface area contributed by atoms with Crippen LogP contribution in [-0.2, 0) is 4.74 Å². The van der Waals surface area contributed by atoms with Crippen LogP contribution in [0, 0.1) is 5.92 Å². The summed E-state index contributed by atoms with van der Waals surface area (Å²) in [5.74, 6) is 0.0833. The van der Waals surface area contributed by atoms with E-state index in [0.29, 0.717) is 6.42 Å². The Morgan fingerprint density at radius 2 is 2.12 bits per heavy atom. The fourth-order valence-corrected chi connectivity index (χ4v) is 1.96. The molecule has 0 aromatic rings. The summed E-state index contributed by atoms with van der Waals surface area (Å²) in [6.07, 6.45) is 1.00. The average Bonchev–Trinajstić information content (AvgIpc) is 2.42. The van der Waals surface area contributed by atoms with E-state index in [4.69, 9.17) is 15.6 Å². The lowest BCUT2D eigenvalue weighted by molar-refractivity contribution is 0.0503. The molecule has 1 aliphatic rings. The lowest BCUT2D eigenvalue weighted by Gasteiger charge is -2.21. The number of nitrogens with two attached hydrogens (primary N) is 1. The number of carbonyl (C=O) groups excluding carboxylic acids is 1. The molecule has 3 atom stereocenters. The van der Waals surface area contributed by atoms with E-state index in [0.717, 1.165) is 6.42 Å². The highest BCUT2D eigenvalue weighted by Crippen LogP contribution is 2.24. The van der Waals surface area contributed by atoms with E-state index in [2.05, 4.69) is 5.32 Å². The van der Waals surface area contributed by atoms with Gasteiger partial charge in [-0.25, -0.2) is 4.79 Å². The van der Waals surface area contributed by atoms with Crippen molar-refractivity contribution in [2.45, 2.75) is 51.3 Å². The van der Waals surface area contributed by atoms with Crippen LogP contribution in [0.3, 0.4) is 0 Å². The van der Waals surface area contributed by atoms with Crippen molar-refractivity contribution in [1.82, 2.24) is 5.32 Å². The first-order chi connectivity index (χ1) is 7.31. The molecule has 1 rings (SSSR count). The Kier molecular flexibility index (Phi) is 4.15. The van der Waals surface area contributed by atoms with Crippen molar-refractivity contribution in [3.63, 3.8) is 0 Å². The summed E-state index contributed by atoms with van der Waals surface area (Å²) in [6, 6.07) is -0.0214. The van der Waals surface area contributed by atoms with Gasteiger partial charge in [-0.3, -0.25) is 0 Å². The summed E-state index contributed by atoms with van der Waals surface area (Å²) < 4.78 is 5.15. The van der Waals surface area contributed by atoms with Crippen molar-refractivity contribution in [3.8, 4) is 0 Å². The van der Waals surface area contributed by atoms with Crippen LogP contribution in [0.5, 0.6) is 0 Å². The van der Waals surface area contributed by atoms with E-state index >= 15 is 0 Å². The van der Waals surface area contributed by atoms with Crippen LogP contribution < -0.4 is 11.1 Å². The number of aliphatic hydroxyl groups excluding tert-OH is 1. The summed E-state index contributed by atoms with van der Waals surface area (Å²) in [6.45, 7) is 5.55. The fraction of sp³-hybridized carbons (Fsp3) is 0.909. The normalized spacial score (nSPS) is 30.2. The SMILES string of the molecule is CC(C)(C)OC(=O)N[C@H]1C[C@H](CO)[C@H](N)C1. The number of carbonyl (C=O) groups is 1. The van der Waals surface area contributed by atoms with Crippen molar-refractivity contribution < 1.29 is 14.6 Å². The van der Waals surface area contributed by atoms with Gasteiger partial charge in [-0.2, -0.15) is 0 Å². The molecule has 0 radical (unpaired) electrons. The van der Waals surface area contributed by atoms with E-state index in [1.807, 2.05) is 20.8 Å². The maximum absolute atomic E-state index is 11.5. The van der Waals surface area contributed by atoms with E-state index in [9.17, 15) is 4.79 Å². The molecule has 1 aliphatic carbocycles. The van der Waals surface area contributed by atoms with Gasteiger partial charge in [-0.1, -0.05) is 0 Å². The van der Waals surface area contributed by atoms with E-state index < -0.39 is 11.7 Å². The number of aliphatic hydroxyl groups is 1. The monoisotopic (exact) mass is 230 g/mol. The molecule has 4 N–H and O–H groups in total. The van der Waals surface area contributed by atoms with Gasteiger partial charge in [0.15, 0.2) is 0 Å². The van der Waals surface area contributed by atoms with Crippen LogP contribution in [-0.4, -0.2) is 35.5 Å². The second kappa shape index (κ2) is 5.01. The highest BCUT2D eigenvalue weighted by molar-refractivity contribution is 5.68. The van der Waals surface area contributed by atoms with Crippen LogP contribution in [0.25, 0.3) is 0 Å². The largest absolute Gasteiger partial charge is 0.444 e. The minimum absolute atomic E-state index is 0.0157. The molecule has 5 heteroatoms. The number of alkyl carbamates (subject to hydrolysis) is 1.